The fraction of sp³-hybridized carbons (Fsp3) is 0.700. The molecule has 0 spiro atoms. The first kappa shape index (κ1) is 21.7. The predicted octanol–water partition coefficient (Wildman–Crippen LogP) is 5.79. The third kappa shape index (κ3) is 10.3. The molecule has 0 aliphatic rings. The molecule has 0 aliphatic carbocycles. The monoisotopic (exact) mass is 368 g/mol. The van der Waals surface area contributed by atoms with Gasteiger partial charge in [0, 0.05) is 0 Å². The van der Waals surface area contributed by atoms with Crippen LogP contribution in [0, 0.1) is 0 Å². The number of thiophene rings is 1. The van der Waals surface area contributed by atoms with Crippen molar-refractivity contribution in [2.45, 2.75) is 78.1 Å². The number of carbonyl (C=O) groups is 2. The largest absolute Gasteiger partial charge is 0.484 e. The smallest absolute Gasteiger partial charge is 0.313 e. The number of esters is 1. The molecule has 0 bridgehead atoms. The molecule has 0 aromatic carbocycles. The summed E-state index contributed by atoms with van der Waals surface area (Å²) in [5.74, 6) is -0.681. The van der Waals surface area contributed by atoms with E-state index in [2.05, 4.69) is 6.92 Å². The molecular formula is C20H32O4S. The fourth-order valence-electron chi connectivity index (χ4n) is 2.56. The zero-order valence-electron chi connectivity index (χ0n) is 15.7. The normalized spacial score (nSPS) is 10.6. The Hall–Kier alpha value is -1.36. The zero-order valence-corrected chi connectivity index (χ0v) is 16.5. The van der Waals surface area contributed by atoms with Crippen molar-refractivity contribution in [3.63, 3.8) is 0 Å². The summed E-state index contributed by atoms with van der Waals surface area (Å²) >= 11 is 1.30. The van der Waals surface area contributed by atoms with Crippen LogP contribution in [-0.4, -0.2) is 25.0 Å². The van der Waals surface area contributed by atoms with E-state index in [-0.39, 0.29) is 12.2 Å². The van der Waals surface area contributed by atoms with Gasteiger partial charge >= 0.3 is 5.97 Å². The summed E-state index contributed by atoms with van der Waals surface area (Å²) < 4.78 is 10.5. The number of carbonyl (C=O) groups excluding carboxylic acids is 2. The van der Waals surface area contributed by atoms with E-state index in [9.17, 15) is 9.59 Å². The van der Waals surface area contributed by atoms with Crippen LogP contribution in [-0.2, 0) is 9.53 Å². The van der Waals surface area contributed by atoms with Gasteiger partial charge < -0.3 is 9.47 Å². The number of hydrogen-bond acceptors (Lipinski definition) is 5. The molecule has 1 aromatic rings. The minimum atomic E-state index is -0.474. The van der Waals surface area contributed by atoms with Gasteiger partial charge in [0.2, 0.25) is 0 Å². The Labute approximate surface area is 155 Å². The Bertz CT molecular complexity index is 496. The molecule has 1 heterocycles. The van der Waals surface area contributed by atoms with Gasteiger partial charge in [-0.25, -0.2) is 0 Å². The van der Waals surface area contributed by atoms with Gasteiger partial charge in [0.05, 0.1) is 18.1 Å². The highest BCUT2D eigenvalue weighted by Gasteiger charge is 2.15. The Morgan fingerprint density at radius 2 is 1.56 bits per heavy atom. The summed E-state index contributed by atoms with van der Waals surface area (Å²) in [6.45, 7) is 4.95. The maximum atomic E-state index is 11.9. The first-order chi connectivity index (χ1) is 12.2. The van der Waals surface area contributed by atoms with Gasteiger partial charge in [0.1, 0.15) is 6.42 Å². The van der Waals surface area contributed by atoms with E-state index in [0.29, 0.717) is 18.1 Å². The Kier molecular flexibility index (Phi) is 12.0. The fourth-order valence-corrected chi connectivity index (χ4v) is 3.38. The Balaban J connectivity index is 2.09. The van der Waals surface area contributed by atoms with E-state index >= 15 is 0 Å². The van der Waals surface area contributed by atoms with E-state index in [1.807, 2.05) is 0 Å². The summed E-state index contributed by atoms with van der Waals surface area (Å²) in [5.41, 5.74) is 0. The summed E-state index contributed by atoms with van der Waals surface area (Å²) in [5, 5.41) is 0.742. The molecule has 0 atom stereocenters. The van der Waals surface area contributed by atoms with Crippen molar-refractivity contribution in [2.75, 3.05) is 13.2 Å². The first-order valence-corrected chi connectivity index (χ1v) is 10.4. The van der Waals surface area contributed by atoms with Crippen molar-refractivity contribution in [1.82, 2.24) is 0 Å². The second kappa shape index (κ2) is 13.9. The van der Waals surface area contributed by atoms with Gasteiger partial charge in [-0.2, -0.15) is 0 Å². The molecule has 0 unspecified atom stereocenters. The molecule has 0 saturated heterocycles. The van der Waals surface area contributed by atoms with Gasteiger partial charge in [0.25, 0.3) is 0 Å². The van der Waals surface area contributed by atoms with Crippen LogP contribution in [0.5, 0.6) is 5.06 Å². The molecule has 0 N–H and O–H groups in total. The molecule has 1 aromatic heterocycles. The number of hydrogen-bond donors (Lipinski definition) is 0. The molecule has 4 nitrogen and oxygen atoms in total. The van der Waals surface area contributed by atoms with Crippen LogP contribution < -0.4 is 4.74 Å². The van der Waals surface area contributed by atoms with Crippen molar-refractivity contribution in [3.8, 4) is 5.06 Å². The van der Waals surface area contributed by atoms with Crippen molar-refractivity contribution in [3.05, 3.63) is 17.0 Å². The lowest BCUT2D eigenvalue weighted by Gasteiger charge is -2.04. The van der Waals surface area contributed by atoms with E-state index in [4.69, 9.17) is 9.47 Å². The number of rotatable bonds is 15. The van der Waals surface area contributed by atoms with E-state index in [1.54, 1.807) is 19.1 Å². The van der Waals surface area contributed by atoms with Crippen LogP contribution >= 0.6 is 11.3 Å². The third-order valence-corrected chi connectivity index (χ3v) is 5.00. The second-order valence-corrected chi connectivity index (χ2v) is 7.25. The Morgan fingerprint density at radius 3 is 2.20 bits per heavy atom. The molecule has 142 valence electrons. The molecule has 0 radical (unpaired) electrons. The van der Waals surface area contributed by atoms with Crippen molar-refractivity contribution in [2.24, 2.45) is 0 Å². The second-order valence-electron chi connectivity index (χ2n) is 6.20. The maximum absolute atomic E-state index is 11.9. The quantitative estimate of drug-likeness (QED) is 0.170. The standard InChI is InChI=1S/C20H32O4S/c1-3-5-6-7-8-9-10-11-12-15-24-20-14-13-18(25-20)17(21)16-19(22)23-4-2/h13-14H,3-12,15-16H2,1-2H3. The summed E-state index contributed by atoms with van der Waals surface area (Å²) in [7, 11) is 0. The molecule has 25 heavy (non-hydrogen) atoms. The minimum absolute atomic E-state index is 0.202. The lowest BCUT2D eigenvalue weighted by Crippen LogP contribution is -2.10. The van der Waals surface area contributed by atoms with Gasteiger partial charge in [-0.15, -0.1) is 0 Å². The van der Waals surface area contributed by atoms with Crippen LogP contribution in [0.25, 0.3) is 0 Å². The lowest BCUT2D eigenvalue weighted by atomic mass is 10.1. The average Bonchev–Trinajstić information content (AvgIpc) is 3.06. The Morgan fingerprint density at radius 1 is 0.920 bits per heavy atom. The molecular weight excluding hydrogens is 336 g/mol. The number of ketones is 1. The highest BCUT2D eigenvalue weighted by atomic mass is 32.1. The van der Waals surface area contributed by atoms with Crippen LogP contribution in [0.1, 0.15) is 87.7 Å². The van der Waals surface area contributed by atoms with Crippen LogP contribution in [0.3, 0.4) is 0 Å². The highest BCUT2D eigenvalue weighted by molar-refractivity contribution is 7.15. The maximum Gasteiger partial charge on any atom is 0.313 e. The van der Waals surface area contributed by atoms with Gasteiger partial charge in [-0.1, -0.05) is 69.6 Å². The van der Waals surface area contributed by atoms with E-state index in [1.165, 1.54) is 62.7 Å². The SMILES string of the molecule is CCCCCCCCCCCOc1ccc(C(=O)CC(=O)OCC)s1. The van der Waals surface area contributed by atoms with Crippen LogP contribution in [0.2, 0.25) is 0 Å². The molecule has 0 amide bonds. The van der Waals surface area contributed by atoms with Gasteiger partial charge in [-0.3, -0.25) is 9.59 Å². The minimum Gasteiger partial charge on any atom is -0.484 e. The van der Waals surface area contributed by atoms with Gasteiger partial charge in [0.15, 0.2) is 10.8 Å². The molecule has 0 saturated carbocycles. The van der Waals surface area contributed by atoms with Crippen LogP contribution in [0.4, 0.5) is 0 Å². The number of unbranched alkanes of at least 4 members (excludes halogenated alkanes) is 8. The van der Waals surface area contributed by atoms with E-state index < -0.39 is 5.97 Å². The first-order valence-electron chi connectivity index (χ1n) is 9.58. The van der Waals surface area contributed by atoms with Crippen LogP contribution in [0.15, 0.2) is 12.1 Å². The summed E-state index contributed by atoms with van der Waals surface area (Å²) in [4.78, 5) is 23.8. The molecule has 5 heteroatoms. The summed E-state index contributed by atoms with van der Waals surface area (Å²) in [6.07, 6.45) is 11.3. The van der Waals surface area contributed by atoms with Crippen molar-refractivity contribution in [1.29, 1.82) is 0 Å². The zero-order chi connectivity index (χ0) is 18.3. The number of Topliss-reactive ketones (excluding diaryl/α,β-unsaturated/α-hetero) is 1. The highest BCUT2D eigenvalue weighted by Crippen LogP contribution is 2.26. The molecule has 1 rings (SSSR count). The van der Waals surface area contributed by atoms with E-state index in [0.717, 1.165) is 11.5 Å². The summed E-state index contributed by atoms with van der Waals surface area (Å²) in [6, 6.07) is 3.52. The van der Waals surface area contributed by atoms with Gasteiger partial charge in [-0.05, 0) is 25.5 Å². The predicted molar refractivity (Wildman–Crippen MR) is 103 cm³/mol. The topological polar surface area (TPSA) is 52.6 Å². The molecule has 0 fully saturated rings. The average molecular weight is 369 g/mol. The van der Waals surface area contributed by atoms with Crippen molar-refractivity contribution >= 4 is 23.1 Å². The third-order valence-electron chi connectivity index (χ3n) is 3.96. The lowest BCUT2D eigenvalue weighted by molar-refractivity contribution is -0.141. The molecule has 0 aliphatic heterocycles. The number of ether oxygens (including phenoxy) is 2. The van der Waals surface area contributed by atoms with Crippen molar-refractivity contribution < 1.29 is 19.1 Å².